The molecule has 1 amide bonds. The number of carbonyl (C=O) groups excluding carboxylic acids is 1. The van der Waals surface area contributed by atoms with Crippen molar-refractivity contribution < 1.29 is 13.2 Å². The molecule has 28 heavy (non-hydrogen) atoms. The van der Waals surface area contributed by atoms with Crippen LogP contribution in [0, 0.1) is 5.92 Å². The van der Waals surface area contributed by atoms with Crippen LogP contribution in [-0.2, 0) is 14.8 Å². The summed E-state index contributed by atoms with van der Waals surface area (Å²) >= 11 is 0. The summed E-state index contributed by atoms with van der Waals surface area (Å²) in [6, 6.07) is 5.75. The predicted octanol–water partition coefficient (Wildman–Crippen LogP) is 2.01. The molecule has 1 saturated carbocycles. The Hall–Kier alpha value is -1.67. The summed E-state index contributed by atoms with van der Waals surface area (Å²) < 4.78 is 26.7. The first-order chi connectivity index (χ1) is 13.5. The minimum Gasteiger partial charge on any atom is -0.356 e. The van der Waals surface area contributed by atoms with Gasteiger partial charge in [-0.1, -0.05) is 31.7 Å². The summed E-state index contributed by atoms with van der Waals surface area (Å²) in [6.45, 7) is 2.68. The van der Waals surface area contributed by atoms with E-state index in [-0.39, 0.29) is 11.7 Å². The van der Waals surface area contributed by atoms with E-state index >= 15 is 0 Å². The van der Waals surface area contributed by atoms with Gasteiger partial charge in [0.2, 0.25) is 15.9 Å². The fourth-order valence-electron chi connectivity index (χ4n) is 4.07. The largest absolute Gasteiger partial charge is 0.356 e. The van der Waals surface area contributed by atoms with Crippen LogP contribution in [0.3, 0.4) is 0 Å². The minimum absolute atomic E-state index is 0.0493. The fraction of sp³-hybridized carbons (Fsp3) is 0.700. The molecule has 8 heteroatoms. The van der Waals surface area contributed by atoms with Crippen LogP contribution in [0.25, 0.3) is 0 Å². The lowest BCUT2D eigenvalue weighted by Gasteiger charge is -2.34. The minimum atomic E-state index is -3.28. The van der Waals surface area contributed by atoms with Crippen LogP contribution in [0.4, 0.5) is 5.82 Å². The van der Waals surface area contributed by atoms with Gasteiger partial charge >= 0.3 is 0 Å². The Labute approximate surface area is 168 Å². The third-order valence-electron chi connectivity index (χ3n) is 5.76. The lowest BCUT2D eigenvalue weighted by atomic mass is 10.0. The first-order valence-electron chi connectivity index (χ1n) is 10.4. The number of anilines is 1. The average Bonchev–Trinajstić information content (AvgIpc) is 3.24. The number of pyridine rings is 1. The monoisotopic (exact) mass is 408 g/mol. The summed E-state index contributed by atoms with van der Waals surface area (Å²) in [5.74, 6) is 1.73. The number of hydrogen-bond acceptors (Lipinski definition) is 5. The molecule has 156 valence electrons. The normalized spacial score (nSPS) is 19.1. The summed E-state index contributed by atoms with van der Waals surface area (Å²) in [6.07, 6.45) is 8.81. The van der Waals surface area contributed by atoms with Crippen molar-refractivity contribution in [2.45, 2.75) is 44.9 Å². The maximum Gasteiger partial charge on any atom is 0.220 e. The molecule has 0 atom stereocenters. The number of nitrogens with zero attached hydrogens (tertiary/aromatic N) is 3. The average molecular weight is 409 g/mol. The Morgan fingerprint density at radius 1 is 1.14 bits per heavy atom. The van der Waals surface area contributed by atoms with Gasteiger partial charge in [-0.3, -0.25) is 4.79 Å². The molecule has 0 spiro atoms. The SMILES string of the molecule is O=C(CCC1CCCC1)NCCCS(=O)(=O)N1CCN(c2ccccn2)CC1. The highest BCUT2D eigenvalue weighted by atomic mass is 32.2. The molecule has 1 saturated heterocycles. The summed E-state index contributed by atoms with van der Waals surface area (Å²) in [5.41, 5.74) is 0. The first-order valence-corrected chi connectivity index (χ1v) is 12.1. The van der Waals surface area contributed by atoms with Crippen LogP contribution in [0.1, 0.15) is 44.9 Å². The molecule has 2 fully saturated rings. The molecule has 1 aliphatic heterocycles. The third-order valence-corrected chi connectivity index (χ3v) is 7.72. The molecule has 7 nitrogen and oxygen atoms in total. The number of rotatable bonds is 9. The van der Waals surface area contributed by atoms with E-state index in [4.69, 9.17) is 0 Å². The number of carbonyl (C=O) groups is 1. The van der Waals surface area contributed by atoms with Crippen LogP contribution in [0.5, 0.6) is 0 Å². The fourth-order valence-corrected chi connectivity index (χ4v) is 5.56. The molecule has 2 aliphatic rings. The zero-order valence-corrected chi connectivity index (χ0v) is 17.4. The quantitative estimate of drug-likeness (QED) is 0.632. The third kappa shape index (κ3) is 6.17. The van der Waals surface area contributed by atoms with Crippen molar-refractivity contribution in [3.05, 3.63) is 24.4 Å². The van der Waals surface area contributed by atoms with Crippen LogP contribution in [0.15, 0.2) is 24.4 Å². The number of amides is 1. The van der Waals surface area contributed by atoms with E-state index in [9.17, 15) is 13.2 Å². The van der Waals surface area contributed by atoms with Crippen LogP contribution >= 0.6 is 0 Å². The maximum absolute atomic E-state index is 12.6. The molecule has 0 radical (unpaired) electrons. The van der Waals surface area contributed by atoms with E-state index in [1.54, 1.807) is 10.5 Å². The molecule has 1 aromatic rings. The Balaban J connectivity index is 1.32. The Morgan fingerprint density at radius 3 is 2.57 bits per heavy atom. The van der Waals surface area contributed by atoms with Crippen molar-refractivity contribution in [1.29, 1.82) is 0 Å². The van der Waals surface area contributed by atoms with Gasteiger partial charge < -0.3 is 10.2 Å². The Kier molecular flexibility index (Phi) is 7.67. The molecule has 0 unspecified atom stereocenters. The molecule has 2 heterocycles. The zero-order valence-electron chi connectivity index (χ0n) is 16.6. The second kappa shape index (κ2) is 10.2. The number of hydrogen-bond donors (Lipinski definition) is 1. The molecular formula is C20H32N4O3S. The van der Waals surface area contributed by atoms with Gasteiger partial charge in [0, 0.05) is 45.3 Å². The second-order valence-corrected chi connectivity index (χ2v) is 9.87. The molecular weight excluding hydrogens is 376 g/mol. The predicted molar refractivity (Wildman–Crippen MR) is 111 cm³/mol. The zero-order chi connectivity index (χ0) is 19.8. The molecule has 1 aromatic heterocycles. The van der Waals surface area contributed by atoms with Gasteiger partial charge in [-0.25, -0.2) is 13.4 Å². The second-order valence-electron chi connectivity index (χ2n) is 7.78. The molecule has 1 aliphatic carbocycles. The van der Waals surface area contributed by atoms with E-state index < -0.39 is 10.0 Å². The van der Waals surface area contributed by atoms with Crippen LogP contribution < -0.4 is 10.2 Å². The van der Waals surface area contributed by atoms with E-state index in [2.05, 4.69) is 15.2 Å². The van der Waals surface area contributed by atoms with Gasteiger partial charge in [0.1, 0.15) is 5.82 Å². The Morgan fingerprint density at radius 2 is 1.89 bits per heavy atom. The first kappa shape index (κ1) is 21.0. The summed E-state index contributed by atoms with van der Waals surface area (Å²) in [7, 11) is -3.28. The van der Waals surface area contributed by atoms with Gasteiger partial charge in [0.05, 0.1) is 5.75 Å². The van der Waals surface area contributed by atoms with E-state index in [1.807, 2.05) is 18.2 Å². The van der Waals surface area contributed by atoms with Crippen LogP contribution in [-0.4, -0.2) is 62.1 Å². The van der Waals surface area contributed by atoms with Crippen molar-refractivity contribution in [2.75, 3.05) is 43.4 Å². The summed E-state index contributed by atoms with van der Waals surface area (Å²) in [5, 5.41) is 2.87. The summed E-state index contributed by atoms with van der Waals surface area (Å²) in [4.78, 5) is 18.3. The molecule has 0 aromatic carbocycles. The van der Waals surface area contributed by atoms with Crippen LogP contribution in [0.2, 0.25) is 0 Å². The van der Waals surface area contributed by atoms with Gasteiger partial charge in [-0.05, 0) is 30.9 Å². The molecule has 1 N–H and O–H groups in total. The van der Waals surface area contributed by atoms with Crippen molar-refractivity contribution in [1.82, 2.24) is 14.6 Å². The lowest BCUT2D eigenvalue weighted by molar-refractivity contribution is -0.121. The topological polar surface area (TPSA) is 82.6 Å². The standard InChI is InChI=1S/C20H32N4O3S/c25-20(10-9-18-6-1-2-7-18)22-12-5-17-28(26,27)24-15-13-23(14-16-24)19-8-3-4-11-21-19/h3-4,8,11,18H,1-2,5-7,9-10,12-17H2,(H,22,25). The van der Waals surface area contributed by atoms with Crippen molar-refractivity contribution in [3.8, 4) is 0 Å². The van der Waals surface area contributed by atoms with Gasteiger partial charge in [-0.2, -0.15) is 4.31 Å². The highest BCUT2D eigenvalue weighted by Crippen LogP contribution is 2.28. The Bertz CT molecular complexity index is 712. The number of sulfonamides is 1. The van der Waals surface area contributed by atoms with Gasteiger partial charge in [0.15, 0.2) is 0 Å². The maximum atomic E-state index is 12.6. The van der Waals surface area contributed by atoms with Gasteiger partial charge in [-0.15, -0.1) is 0 Å². The number of aromatic nitrogens is 1. The van der Waals surface area contributed by atoms with Crippen molar-refractivity contribution >= 4 is 21.7 Å². The van der Waals surface area contributed by atoms with Gasteiger partial charge in [0.25, 0.3) is 0 Å². The number of nitrogens with one attached hydrogen (secondary N) is 1. The molecule has 3 rings (SSSR count). The smallest absolute Gasteiger partial charge is 0.220 e. The van der Waals surface area contributed by atoms with E-state index in [0.29, 0.717) is 51.5 Å². The van der Waals surface area contributed by atoms with Crippen molar-refractivity contribution in [3.63, 3.8) is 0 Å². The number of piperazine rings is 1. The van der Waals surface area contributed by atoms with Crippen molar-refractivity contribution in [2.24, 2.45) is 5.92 Å². The molecule has 0 bridgehead atoms. The van der Waals surface area contributed by atoms with E-state index in [0.717, 1.165) is 12.2 Å². The highest BCUT2D eigenvalue weighted by Gasteiger charge is 2.27. The van der Waals surface area contributed by atoms with E-state index in [1.165, 1.54) is 25.7 Å². The lowest BCUT2D eigenvalue weighted by Crippen LogP contribution is -2.49. The highest BCUT2D eigenvalue weighted by molar-refractivity contribution is 7.89.